The van der Waals surface area contributed by atoms with Gasteiger partial charge in [0.1, 0.15) is 5.82 Å². The van der Waals surface area contributed by atoms with Crippen molar-refractivity contribution < 1.29 is 5.11 Å². The summed E-state index contributed by atoms with van der Waals surface area (Å²) in [6, 6.07) is 0.402. The molecule has 0 spiro atoms. The third-order valence-corrected chi connectivity index (χ3v) is 4.08. The van der Waals surface area contributed by atoms with Gasteiger partial charge in [0.25, 0.3) is 0 Å². The van der Waals surface area contributed by atoms with Crippen molar-refractivity contribution in [3.05, 3.63) is 10.7 Å². The number of rotatable bonds is 3. The van der Waals surface area contributed by atoms with Crippen LogP contribution in [0.1, 0.15) is 25.7 Å². The van der Waals surface area contributed by atoms with E-state index in [4.69, 9.17) is 0 Å². The average molecular weight is 318 g/mol. The van der Waals surface area contributed by atoms with Crippen molar-refractivity contribution in [3.63, 3.8) is 0 Å². The largest absolute Gasteiger partial charge is 0.393 e. The van der Waals surface area contributed by atoms with Crippen LogP contribution in [-0.2, 0) is 0 Å². The average Bonchev–Trinajstić information content (AvgIpc) is 2.35. The summed E-state index contributed by atoms with van der Waals surface area (Å²) in [4.78, 5) is 8.62. The van der Waals surface area contributed by atoms with Gasteiger partial charge in [0.15, 0.2) is 5.16 Å². The Bertz CT molecular complexity index is 383. The minimum Gasteiger partial charge on any atom is -0.393 e. The molecule has 0 saturated heterocycles. The maximum atomic E-state index is 9.46. The van der Waals surface area contributed by atoms with E-state index in [1.807, 2.05) is 6.26 Å². The van der Waals surface area contributed by atoms with Crippen LogP contribution in [0.5, 0.6) is 0 Å². The topological polar surface area (TPSA) is 58.0 Å². The molecule has 1 heterocycles. The van der Waals surface area contributed by atoms with E-state index in [1.165, 1.54) is 11.8 Å². The molecule has 17 heavy (non-hydrogen) atoms. The third-order valence-electron chi connectivity index (χ3n) is 2.94. The molecular weight excluding hydrogens is 302 g/mol. The fraction of sp³-hybridized carbons (Fsp3) is 0.636. The second-order valence-electron chi connectivity index (χ2n) is 4.20. The Kier molecular flexibility index (Phi) is 4.64. The van der Waals surface area contributed by atoms with Crippen molar-refractivity contribution in [2.75, 3.05) is 11.6 Å². The second-order valence-corrected chi connectivity index (χ2v) is 5.83. The normalized spacial score (nSPS) is 24.6. The Balaban J connectivity index is 2.02. The first-order valence-corrected chi connectivity index (χ1v) is 7.72. The molecule has 2 rings (SSSR count). The molecule has 0 aromatic carbocycles. The molecule has 0 unspecified atom stereocenters. The number of hydrogen-bond donors (Lipinski definition) is 2. The first-order chi connectivity index (χ1) is 8.19. The number of aromatic nitrogens is 2. The Labute approximate surface area is 114 Å². The van der Waals surface area contributed by atoms with E-state index >= 15 is 0 Å². The number of thioether (sulfide) groups is 1. The maximum absolute atomic E-state index is 9.46. The minimum atomic E-state index is -0.122. The monoisotopic (exact) mass is 317 g/mol. The van der Waals surface area contributed by atoms with Gasteiger partial charge in [-0.3, -0.25) is 0 Å². The lowest BCUT2D eigenvalue weighted by atomic mass is 9.93. The second kappa shape index (κ2) is 6.02. The number of hydrogen-bond acceptors (Lipinski definition) is 5. The standard InChI is InChI=1S/C11H16BrN3OS/c1-17-11-13-6-9(12)10(15-11)14-7-2-4-8(16)5-3-7/h6-8,16H,2-5H2,1H3,(H,13,14,15)/t7-,8-. The number of aliphatic hydroxyl groups excluding tert-OH is 1. The summed E-state index contributed by atoms with van der Waals surface area (Å²) >= 11 is 4.98. The van der Waals surface area contributed by atoms with Gasteiger partial charge in [0.05, 0.1) is 10.6 Å². The van der Waals surface area contributed by atoms with Crippen LogP contribution in [0.25, 0.3) is 0 Å². The molecule has 1 aromatic heterocycles. The van der Waals surface area contributed by atoms with E-state index in [-0.39, 0.29) is 6.10 Å². The molecule has 0 aliphatic heterocycles. The van der Waals surface area contributed by atoms with Crippen LogP contribution >= 0.6 is 27.7 Å². The van der Waals surface area contributed by atoms with E-state index in [0.29, 0.717) is 6.04 Å². The van der Waals surface area contributed by atoms with E-state index in [9.17, 15) is 5.11 Å². The molecule has 6 heteroatoms. The van der Waals surface area contributed by atoms with Crippen molar-refractivity contribution in [1.82, 2.24) is 9.97 Å². The third kappa shape index (κ3) is 3.56. The van der Waals surface area contributed by atoms with Crippen LogP contribution in [0, 0.1) is 0 Å². The van der Waals surface area contributed by atoms with Crippen LogP contribution in [0.15, 0.2) is 15.8 Å². The zero-order chi connectivity index (χ0) is 12.3. The van der Waals surface area contributed by atoms with Gasteiger partial charge in [-0.25, -0.2) is 9.97 Å². The van der Waals surface area contributed by atoms with Gasteiger partial charge in [-0.05, 0) is 47.9 Å². The number of nitrogens with zero attached hydrogens (tertiary/aromatic N) is 2. The molecule has 0 radical (unpaired) electrons. The molecule has 1 fully saturated rings. The predicted molar refractivity (Wildman–Crippen MR) is 73.4 cm³/mol. The molecular formula is C11H16BrN3OS. The van der Waals surface area contributed by atoms with Gasteiger partial charge in [-0.15, -0.1) is 0 Å². The predicted octanol–water partition coefficient (Wildman–Crippen LogP) is 2.68. The lowest BCUT2D eigenvalue weighted by Gasteiger charge is -2.26. The van der Waals surface area contributed by atoms with E-state index in [0.717, 1.165) is 41.1 Å². The fourth-order valence-electron chi connectivity index (χ4n) is 1.96. The molecule has 4 nitrogen and oxygen atoms in total. The lowest BCUT2D eigenvalue weighted by Crippen LogP contribution is -2.28. The minimum absolute atomic E-state index is 0.122. The van der Waals surface area contributed by atoms with Gasteiger partial charge < -0.3 is 10.4 Å². The van der Waals surface area contributed by atoms with E-state index in [2.05, 4.69) is 31.2 Å². The maximum Gasteiger partial charge on any atom is 0.189 e. The summed E-state index contributed by atoms with van der Waals surface area (Å²) in [5.74, 6) is 0.853. The molecule has 94 valence electrons. The first-order valence-electron chi connectivity index (χ1n) is 5.70. The summed E-state index contributed by atoms with van der Waals surface area (Å²) < 4.78 is 0.890. The Morgan fingerprint density at radius 2 is 2.12 bits per heavy atom. The molecule has 1 aliphatic carbocycles. The van der Waals surface area contributed by atoms with Crippen molar-refractivity contribution >= 4 is 33.5 Å². The molecule has 1 aliphatic rings. The molecule has 1 aromatic rings. The molecule has 0 amide bonds. The summed E-state index contributed by atoms with van der Waals surface area (Å²) in [6.45, 7) is 0. The number of nitrogens with one attached hydrogen (secondary N) is 1. The van der Waals surface area contributed by atoms with Gasteiger partial charge in [0, 0.05) is 12.2 Å². The van der Waals surface area contributed by atoms with Crippen LogP contribution in [0.2, 0.25) is 0 Å². The van der Waals surface area contributed by atoms with Crippen LogP contribution in [0.3, 0.4) is 0 Å². The van der Waals surface area contributed by atoms with Crippen LogP contribution < -0.4 is 5.32 Å². The smallest absolute Gasteiger partial charge is 0.189 e. The Morgan fingerprint density at radius 1 is 1.41 bits per heavy atom. The SMILES string of the molecule is CSc1ncc(Br)c(N[C@H]2CC[C@H](O)CC2)n1. The van der Waals surface area contributed by atoms with Crippen molar-refractivity contribution in [2.24, 2.45) is 0 Å². The molecule has 2 N–H and O–H groups in total. The van der Waals surface area contributed by atoms with E-state index < -0.39 is 0 Å². The summed E-state index contributed by atoms with van der Waals surface area (Å²) in [7, 11) is 0. The summed E-state index contributed by atoms with van der Waals surface area (Å²) in [5, 5.41) is 13.7. The summed E-state index contributed by atoms with van der Waals surface area (Å²) in [5.41, 5.74) is 0. The zero-order valence-corrected chi connectivity index (χ0v) is 12.1. The highest BCUT2D eigenvalue weighted by molar-refractivity contribution is 9.10. The van der Waals surface area contributed by atoms with Crippen LogP contribution in [0.4, 0.5) is 5.82 Å². The fourth-order valence-corrected chi connectivity index (χ4v) is 2.61. The van der Waals surface area contributed by atoms with Crippen LogP contribution in [-0.4, -0.2) is 33.5 Å². The van der Waals surface area contributed by atoms with Crippen molar-refractivity contribution in [3.8, 4) is 0 Å². The molecule has 0 bridgehead atoms. The van der Waals surface area contributed by atoms with Crippen molar-refractivity contribution in [2.45, 2.75) is 43.0 Å². The highest BCUT2D eigenvalue weighted by Gasteiger charge is 2.20. The van der Waals surface area contributed by atoms with Gasteiger partial charge >= 0.3 is 0 Å². The quantitative estimate of drug-likeness (QED) is 0.663. The molecule has 0 atom stereocenters. The highest BCUT2D eigenvalue weighted by Crippen LogP contribution is 2.26. The van der Waals surface area contributed by atoms with E-state index in [1.54, 1.807) is 6.20 Å². The lowest BCUT2D eigenvalue weighted by molar-refractivity contribution is 0.126. The van der Waals surface area contributed by atoms with Crippen molar-refractivity contribution in [1.29, 1.82) is 0 Å². The molecule has 1 saturated carbocycles. The number of anilines is 1. The van der Waals surface area contributed by atoms with Gasteiger partial charge in [-0.1, -0.05) is 11.8 Å². The summed E-state index contributed by atoms with van der Waals surface area (Å²) in [6.07, 6.45) is 7.34. The highest BCUT2D eigenvalue weighted by atomic mass is 79.9. The Morgan fingerprint density at radius 3 is 2.76 bits per heavy atom. The first kappa shape index (κ1) is 13.1. The van der Waals surface area contributed by atoms with Gasteiger partial charge in [0.2, 0.25) is 0 Å². The Hall–Kier alpha value is -0.330. The zero-order valence-electron chi connectivity index (χ0n) is 9.69. The number of halogens is 1. The number of aliphatic hydroxyl groups is 1. The van der Waals surface area contributed by atoms with Gasteiger partial charge in [-0.2, -0.15) is 0 Å².